The molecule has 5 heteroatoms. The Morgan fingerprint density at radius 2 is 2.22 bits per heavy atom. The molecule has 0 fully saturated rings. The molecule has 0 saturated carbocycles. The van der Waals surface area contributed by atoms with Crippen LogP contribution >= 0.6 is 0 Å². The summed E-state index contributed by atoms with van der Waals surface area (Å²) in [4.78, 5) is 11.5. The predicted molar refractivity (Wildman–Crippen MR) is 64.6 cm³/mol. The van der Waals surface area contributed by atoms with Gasteiger partial charge in [-0.05, 0) is 18.6 Å². The number of hydrogen-bond acceptors (Lipinski definition) is 5. The second-order valence-electron chi connectivity index (χ2n) is 3.52. The zero-order valence-electron chi connectivity index (χ0n) is 9.88. The Labute approximate surface area is 105 Å². The van der Waals surface area contributed by atoms with E-state index in [9.17, 15) is 15.0 Å². The second-order valence-corrected chi connectivity index (χ2v) is 3.52. The number of aromatic hydroxyl groups is 2. The van der Waals surface area contributed by atoms with E-state index in [2.05, 4.69) is 0 Å². The number of nitriles is 1. The highest BCUT2D eigenvalue weighted by Gasteiger charge is 2.12. The van der Waals surface area contributed by atoms with Gasteiger partial charge in [-0.15, -0.1) is 0 Å². The van der Waals surface area contributed by atoms with Crippen molar-refractivity contribution >= 4 is 12.0 Å². The summed E-state index contributed by atoms with van der Waals surface area (Å²) in [6, 6.07) is 5.96. The van der Waals surface area contributed by atoms with E-state index in [-0.39, 0.29) is 29.2 Å². The summed E-state index contributed by atoms with van der Waals surface area (Å²) >= 11 is 0. The van der Waals surface area contributed by atoms with Crippen molar-refractivity contribution in [3.8, 4) is 17.6 Å². The highest BCUT2D eigenvalue weighted by Crippen LogP contribution is 2.29. The first-order chi connectivity index (χ1) is 8.60. The Morgan fingerprint density at radius 1 is 1.50 bits per heavy atom. The molecule has 0 aromatic heterocycles. The first-order valence-electron chi connectivity index (χ1n) is 5.40. The van der Waals surface area contributed by atoms with E-state index in [0.717, 1.165) is 0 Å². The summed E-state index contributed by atoms with van der Waals surface area (Å²) in [6.45, 7) is 2.06. The number of benzene rings is 1. The molecule has 1 aromatic carbocycles. The lowest BCUT2D eigenvalue weighted by Crippen LogP contribution is -2.07. The topological polar surface area (TPSA) is 90.6 Å². The van der Waals surface area contributed by atoms with Crippen LogP contribution < -0.4 is 0 Å². The lowest BCUT2D eigenvalue weighted by molar-refractivity contribution is -0.138. The number of hydrogen-bond donors (Lipinski definition) is 2. The number of para-hydroxylation sites is 1. The molecule has 0 atom stereocenters. The Hall–Kier alpha value is -2.48. The van der Waals surface area contributed by atoms with Crippen molar-refractivity contribution in [2.75, 3.05) is 6.61 Å². The van der Waals surface area contributed by atoms with Gasteiger partial charge in [0, 0.05) is 5.56 Å². The van der Waals surface area contributed by atoms with E-state index in [4.69, 9.17) is 10.00 Å². The summed E-state index contributed by atoms with van der Waals surface area (Å²) in [5.74, 6) is -1.45. The maximum Gasteiger partial charge on any atom is 0.348 e. The van der Waals surface area contributed by atoms with Gasteiger partial charge in [0.1, 0.15) is 11.6 Å². The highest BCUT2D eigenvalue weighted by molar-refractivity contribution is 5.98. The molecule has 0 bridgehead atoms. The zero-order chi connectivity index (χ0) is 13.5. The third-order valence-electron chi connectivity index (χ3n) is 2.12. The van der Waals surface area contributed by atoms with Crippen LogP contribution in [-0.4, -0.2) is 22.8 Å². The van der Waals surface area contributed by atoms with E-state index in [1.165, 1.54) is 24.3 Å². The number of nitrogens with zero attached hydrogens (tertiary/aromatic N) is 1. The molecule has 0 aliphatic carbocycles. The molecule has 0 radical (unpaired) electrons. The second kappa shape index (κ2) is 6.30. The van der Waals surface area contributed by atoms with Gasteiger partial charge in [-0.1, -0.05) is 19.1 Å². The molecule has 1 aromatic rings. The lowest BCUT2D eigenvalue weighted by Gasteiger charge is -2.03. The first-order valence-corrected chi connectivity index (χ1v) is 5.40. The molecule has 1 rings (SSSR count). The summed E-state index contributed by atoms with van der Waals surface area (Å²) in [6.07, 6.45) is 1.83. The number of esters is 1. The minimum absolute atomic E-state index is 0.181. The highest BCUT2D eigenvalue weighted by atomic mass is 16.5. The van der Waals surface area contributed by atoms with Crippen molar-refractivity contribution in [3.63, 3.8) is 0 Å². The van der Waals surface area contributed by atoms with Gasteiger partial charge in [-0.3, -0.25) is 0 Å². The van der Waals surface area contributed by atoms with E-state index in [0.29, 0.717) is 6.42 Å². The molecular formula is C13H13NO4. The van der Waals surface area contributed by atoms with Crippen molar-refractivity contribution < 1.29 is 19.7 Å². The number of phenols is 2. The Bertz CT molecular complexity index is 514. The van der Waals surface area contributed by atoms with E-state index >= 15 is 0 Å². The fraction of sp³-hybridized carbons (Fsp3) is 0.231. The number of phenolic OH excluding ortho intramolecular Hbond substituents is 2. The molecule has 0 aliphatic rings. The van der Waals surface area contributed by atoms with Gasteiger partial charge < -0.3 is 14.9 Å². The lowest BCUT2D eigenvalue weighted by atomic mass is 10.1. The molecule has 0 saturated heterocycles. The molecule has 0 amide bonds. The van der Waals surface area contributed by atoms with Crippen LogP contribution in [0.2, 0.25) is 0 Å². The number of carbonyl (C=O) groups is 1. The van der Waals surface area contributed by atoms with Gasteiger partial charge in [0.15, 0.2) is 11.5 Å². The van der Waals surface area contributed by atoms with Crippen LogP contribution in [0.25, 0.3) is 6.08 Å². The predicted octanol–water partition coefficient (Wildman–Crippen LogP) is 1.96. The monoisotopic (exact) mass is 247 g/mol. The summed E-state index contributed by atoms with van der Waals surface area (Å²) in [7, 11) is 0. The van der Waals surface area contributed by atoms with Gasteiger partial charge in [0.05, 0.1) is 6.61 Å². The number of carbonyl (C=O) groups excluding carboxylic acids is 1. The number of rotatable bonds is 4. The van der Waals surface area contributed by atoms with Crippen LogP contribution in [0, 0.1) is 11.3 Å². The van der Waals surface area contributed by atoms with Crippen LogP contribution in [0.4, 0.5) is 0 Å². The minimum atomic E-state index is -0.748. The maximum atomic E-state index is 11.5. The molecule has 2 N–H and O–H groups in total. The molecule has 18 heavy (non-hydrogen) atoms. The Balaban J connectivity index is 3.02. The summed E-state index contributed by atoms with van der Waals surface area (Å²) in [5, 5.41) is 27.7. The third-order valence-corrected chi connectivity index (χ3v) is 2.12. The third kappa shape index (κ3) is 3.25. The molecule has 0 heterocycles. The maximum absolute atomic E-state index is 11.5. The molecule has 0 spiro atoms. The fourth-order valence-electron chi connectivity index (χ4n) is 1.23. The smallest absolute Gasteiger partial charge is 0.348 e. The molecule has 0 unspecified atom stereocenters. The van der Waals surface area contributed by atoms with Gasteiger partial charge in [-0.2, -0.15) is 5.26 Å². The normalized spacial score (nSPS) is 10.8. The standard InChI is InChI=1S/C13H13NO4/c1-2-6-18-13(17)10(8-14)7-9-4-3-5-11(15)12(9)16/h3-5,7,15-16H,2,6H2,1H3. The number of ether oxygens (including phenoxy) is 1. The van der Waals surface area contributed by atoms with Crippen molar-refractivity contribution in [2.45, 2.75) is 13.3 Å². The van der Waals surface area contributed by atoms with E-state index in [1.54, 1.807) is 6.07 Å². The van der Waals surface area contributed by atoms with Crippen LogP contribution in [0.1, 0.15) is 18.9 Å². The van der Waals surface area contributed by atoms with E-state index < -0.39 is 5.97 Å². The summed E-state index contributed by atoms with van der Waals surface area (Å²) < 4.78 is 4.81. The quantitative estimate of drug-likeness (QED) is 0.367. The average Bonchev–Trinajstić information content (AvgIpc) is 2.37. The largest absolute Gasteiger partial charge is 0.504 e. The van der Waals surface area contributed by atoms with Gasteiger partial charge >= 0.3 is 5.97 Å². The van der Waals surface area contributed by atoms with Crippen LogP contribution in [0.3, 0.4) is 0 Å². The Morgan fingerprint density at radius 3 is 2.83 bits per heavy atom. The molecular weight excluding hydrogens is 234 g/mol. The SMILES string of the molecule is CCCOC(=O)C(C#N)=Cc1cccc(O)c1O. The van der Waals surface area contributed by atoms with Crippen molar-refractivity contribution in [1.82, 2.24) is 0 Å². The van der Waals surface area contributed by atoms with E-state index in [1.807, 2.05) is 6.92 Å². The van der Waals surface area contributed by atoms with Crippen LogP contribution in [0.5, 0.6) is 11.5 Å². The van der Waals surface area contributed by atoms with Crippen LogP contribution in [-0.2, 0) is 9.53 Å². The fourth-order valence-corrected chi connectivity index (χ4v) is 1.23. The zero-order valence-corrected chi connectivity index (χ0v) is 9.88. The van der Waals surface area contributed by atoms with Crippen molar-refractivity contribution in [1.29, 1.82) is 5.26 Å². The van der Waals surface area contributed by atoms with Crippen molar-refractivity contribution in [2.24, 2.45) is 0 Å². The average molecular weight is 247 g/mol. The first kappa shape index (κ1) is 13.6. The van der Waals surface area contributed by atoms with Gasteiger partial charge in [0.25, 0.3) is 0 Å². The van der Waals surface area contributed by atoms with Crippen molar-refractivity contribution in [3.05, 3.63) is 29.3 Å². The summed E-state index contributed by atoms with van der Waals surface area (Å²) in [5.41, 5.74) is -0.0515. The molecule has 5 nitrogen and oxygen atoms in total. The van der Waals surface area contributed by atoms with Crippen LogP contribution in [0.15, 0.2) is 23.8 Å². The van der Waals surface area contributed by atoms with Gasteiger partial charge in [-0.25, -0.2) is 4.79 Å². The molecule has 0 aliphatic heterocycles. The molecule has 94 valence electrons. The Kier molecular flexibility index (Phi) is 4.76. The minimum Gasteiger partial charge on any atom is -0.504 e. The van der Waals surface area contributed by atoms with Gasteiger partial charge in [0.2, 0.25) is 0 Å².